The minimum atomic E-state index is 0.630. The first-order valence-corrected chi connectivity index (χ1v) is 9.74. The number of aromatic nitrogens is 2. The topological polar surface area (TPSA) is 30.4 Å². The molecule has 0 aliphatic rings. The number of rotatable bonds is 2. The van der Waals surface area contributed by atoms with E-state index in [2.05, 4.69) is 89.1 Å². The van der Waals surface area contributed by atoms with Crippen molar-refractivity contribution in [3.63, 3.8) is 0 Å². The quantitative estimate of drug-likeness (QED) is 0.331. The number of para-hydroxylation sites is 3. The molecule has 3 nitrogen and oxygen atoms in total. The van der Waals surface area contributed by atoms with Crippen molar-refractivity contribution in [1.82, 2.24) is 9.38 Å². The highest BCUT2D eigenvalue weighted by molar-refractivity contribution is 5.95. The molecule has 0 amide bonds. The van der Waals surface area contributed by atoms with Gasteiger partial charge in [-0.3, -0.25) is 4.40 Å². The Balaban J connectivity index is 1.50. The zero-order valence-corrected chi connectivity index (χ0v) is 16.0. The first-order valence-electron chi connectivity index (χ1n) is 9.74. The fourth-order valence-corrected chi connectivity index (χ4v) is 4.02. The van der Waals surface area contributed by atoms with Crippen LogP contribution in [0.4, 0.5) is 0 Å². The van der Waals surface area contributed by atoms with Crippen LogP contribution < -0.4 is 0 Å². The van der Waals surface area contributed by atoms with E-state index in [1.165, 1.54) is 16.7 Å². The van der Waals surface area contributed by atoms with Crippen LogP contribution in [0.1, 0.15) is 5.56 Å². The minimum Gasteiger partial charge on any atom is -0.422 e. The number of fused-ring (bicyclic) bond motifs is 5. The first-order chi connectivity index (χ1) is 14.3. The molecule has 6 aromatic rings. The van der Waals surface area contributed by atoms with E-state index in [0.29, 0.717) is 5.84 Å². The summed E-state index contributed by atoms with van der Waals surface area (Å²) in [7, 11) is 0. The zero-order chi connectivity index (χ0) is 19.4. The third-order valence-electron chi connectivity index (χ3n) is 5.54. The molecule has 0 unspecified atom stereocenters. The number of aryl methyl sites for hydroxylation is 1. The van der Waals surface area contributed by atoms with Crippen LogP contribution in [0.25, 0.3) is 50.2 Å². The molecule has 3 heteroatoms. The molecule has 0 bridgehead atoms. The van der Waals surface area contributed by atoms with Crippen molar-refractivity contribution in [2.24, 2.45) is 0 Å². The highest BCUT2D eigenvalue weighted by atomic mass is 16.4. The zero-order valence-electron chi connectivity index (χ0n) is 16.0. The number of hydrogen-bond donors (Lipinski definition) is 0. The molecule has 0 saturated heterocycles. The van der Waals surface area contributed by atoms with Crippen molar-refractivity contribution < 1.29 is 4.42 Å². The van der Waals surface area contributed by atoms with E-state index in [4.69, 9.17) is 4.42 Å². The van der Waals surface area contributed by atoms with Gasteiger partial charge in [-0.25, -0.2) is 0 Å². The summed E-state index contributed by atoms with van der Waals surface area (Å²) < 4.78 is 8.29. The summed E-state index contributed by atoms with van der Waals surface area (Å²) in [6.45, 7) is 2.11. The van der Waals surface area contributed by atoms with E-state index in [-0.39, 0.29) is 0 Å². The van der Waals surface area contributed by atoms with Crippen LogP contribution in [0, 0.1) is 6.92 Å². The fourth-order valence-electron chi connectivity index (χ4n) is 4.02. The number of nitrogens with zero attached hydrogens (tertiary/aromatic N) is 2. The smallest absolute Gasteiger partial charge is 0.307 e. The molecule has 0 N–H and O–H groups in total. The van der Waals surface area contributed by atoms with Gasteiger partial charge in [0, 0.05) is 5.56 Å². The summed E-state index contributed by atoms with van der Waals surface area (Å²) in [5.74, 6) is 0.630. The van der Waals surface area contributed by atoms with Gasteiger partial charge in [0.15, 0.2) is 5.58 Å². The van der Waals surface area contributed by atoms with Crippen LogP contribution in [0.5, 0.6) is 0 Å². The lowest BCUT2D eigenvalue weighted by Gasteiger charge is -2.06. The normalized spacial score (nSPS) is 11.6. The van der Waals surface area contributed by atoms with E-state index in [1.807, 2.05) is 18.2 Å². The lowest BCUT2D eigenvalue weighted by atomic mass is 9.99. The number of oxazole rings is 1. The second kappa shape index (κ2) is 6.08. The summed E-state index contributed by atoms with van der Waals surface area (Å²) in [6, 6.07) is 31.7. The van der Waals surface area contributed by atoms with Crippen molar-refractivity contribution in [3.05, 3.63) is 96.6 Å². The molecule has 0 atom stereocenters. The van der Waals surface area contributed by atoms with Crippen molar-refractivity contribution >= 4 is 28.0 Å². The Kier molecular flexibility index (Phi) is 3.38. The molecule has 138 valence electrons. The van der Waals surface area contributed by atoms with Crippen molar-refractivity contribution in [1.29, 1.82) is 0 Å². The first kappa shape index (κ1) is 16.1. The van der Waals surface area contributed by atoms with E-state index < -0.39 is 0 Å². The molecule has 0 spiro atoms. The van der Waals surface area contributed by atoms with Crippen molar-refractivity contribution in [2.75, 3.05) is 0 Å². The molecule has 0 aliphatic heterocycles. The average Bonchev–Trinajstić information content (AvgIpc) is 3.30. The van der Waals surface area contributed by atoms with Gasteiger partial charge < -0.3 is 4.42 Å². The highest BCUT2D eigenvalue weighted by Crippen LogP contribution is 2.34. The third kappa shape index (κ3) is 2.48. The monoisotopic (exact) mass is 374 g/mol. The van der Waals surface area contributed by atoms with Crippen LogP contribution in [0.2, 0.25) is 0 Å². The van der Waals surface area contributed by atoms with Crippen molar-refractivity contribution in [2.45, 2.75) is 6.92 Å². The molecule has 6 rings (SSSR count). The standard InChI is InChI=1S/C26H18N2O/c1-17-9-11-18(12-10-17)19-13-15-20(16-14-19)21-5-4-8-24-25(21)29-26-27-22-6-2-3-7-23(22)28(24)26/h2-16H,1H3. The van der Waals surface area contributed by atoms with Crippen LogP contribution in [-0.2, 0) is 0 Å². The van der Waals surface area contributed by atoms with E-state index in [1.54, 1.807) is 0 Å². The van der Waals surface area contributed by atoms with Gasteiger partial charge in [0.05, 0.1) is 16.6 Å². The SMILES string of the molecule is Cc1ccc(-c2ccc(-c3cccc4c3oc3nc5ccccc5n34)cc2)cc1. The lowest BCUT2D eigenvalue weighted by Crippen LogP contribution is -1.84. The largest absolute Gasteiger partial charge is 0.422 e. The van der Waals surface area contributed by atoms with Gasteiger partial charge >= 0.3 is 5.84 Å². The molecule has 0 radical (unpaired) electrons. The maximum Gasteiger partial charge on any atom is 0.307 e. The Morgan fingerprint density at radius 3 is 2.10 bits per heavy atom. The maximum absolute atomic E-state index is 6.20. The Labute approximate surface area is 167 Å². The molecule has 0 aliphatic carbocycles. The Bertz CT molecular complexity index is 1490. The average molecular weight is 374 g/mol. The third-order valence-corrected chi connectivity index (χ3v) is 5.54. The number of benzene rings is 4. The Hall–Kier alpha value is -3.85. The van der Waals surface area contributed by atoms with Crippen LogP contribution >= 0.6 is 0 Å². The second-order valence-corrected chi connectivity index (χ2v) is 7.42. The highest BCUT2D eigenvalue weighted by Gasteiger charge is 2.15. The van der Waals surface area contributed by atoms with Gasteiger partial charge in [-0.1, -0.05) is 78.4 Å². The summed E-state index contributed by atoms with van der Waals surface area (Å²) >= 11 is 0. The van der Waals surface area contributed by atoms with Gasteiger partial charge in [-0.15, -0.1) is 0 Å². The molecule has 0 fully saturated rings. The summed E-state index contributed by atoms with van der Waals surface area (Å²) in [4.78, 5) is 4.64. The molecule has 2 aromatic heterocycles. The van der Waals surface area contributed by atoms with E-state index >= 15 is 0 Å². The summed E-state index contributed by atoms with van der Waals surface area (Å²) in [5, 5.41) is 0. The maximum atomic E-state index is 6.20. The number of imidazole rings is 1. The molecule has 29 heavy (non-hydrogen) atoms. The summed E-state index contributed by atoms with van der Waals surface area (Å²) in [6.07, 6.45) is 0. The van der Waals surface area contributed by atoms with Gasteiger partial charge in [0.25, 0.3) is 0 Å². The van der Waals surface area contributed by atoms with Gasteiger partial charge in [0.1, 0.15) is 0 Å². The molecular formula is C26H18N2O. The van der Waals surface area contributed by atoms with Crippen LogP contribution in [0.3, 0.4) is 0 Å². The minimum absolute atomic E-state index is 0.630. The van der Waals surface area contributed by atoms with Crippen molar-refractivity contribution in [3.8, 4) is 22.3 Å². The van der Waals surface area contributed by atoms with Crippen LogP contribution in [-0.4, -0.2) is 9.38 Å². The number of hydrogen-bond acceptors (Lipinski definition) is 2. The molecule has 2 heterocycles. The summed E-state index contributed by atoms with van der Waals surface area (Å²) in [5.41, 5.74) is 9.82. The Morgan fingerprint density at radius 1 is 0.655 bits per heavy atom. The van der Waals surface area contributed by atoms with E-state index in [0.717, 1.165) is 33.3 Å². The molecule has 0 saturated carbocycles. The van der Waals surface area contributed by atoms with Gasteiger partial charge in [0.2, 0.25) is 0 Å². The Morgan fingerprint density at radius 2 is 1.31 bits per heavy atom. The molecule has 4 aromatic carbocycles. The predicted molar refractivity (Wildman–Crippen MR) is 118 cm³/mol. The lowest BCUT2D eigenvalue weighted by molar-refractivity contribution is 0.644. The predicted octanol–water partition coefficient (Wildman–Crippen LogP) is 6.88. The second-order valence-electron chi connectivity index (χ2n) is 7.42. The van der Waals surface area contributed by atoms with Crippen LogP contribution in [0.15, 0.2) is 95.4 Å². The van der Waals surface area contributed by atoms with Gasteiger partial charge in [-0.05, 0) is 41.8 Å². The molecular weight excluding hydrogens is 356 g/mol. The van der Waals surface area contributed by atoms with Gasteiger partial charge in [-0.2, -0.15) is 4.98 Å². The fraction of sp³-hybridized carbons (Fsp3) is 0.0385. The van der Waals surface area contributed by atoms with E-state index in [9.17, 15) is 0 Å².